The van der Waals surface area contributed by atoms with Gasteiger partial charge in [0.25, 0.3) is 5.91 Å². The molecule has 2 aromatic rings. The predicted octanol–water partition coefficient (Wildman–Crippen LogP) is 3.90. The van der Waals surface area contributed by atoms with Crippen LogP contribution in [0.4, 0.5) is 10.5 Å². The van der Waals surface area contributed by atoms with Gasteiger partial charge in [0, 0.05) is 18.8 Å². The molecular weight excluding hydrogens is 350 g/mol. The molecule has 4 rings (SSSR count). The van der Waals surface area contributed by atoms with E-state index in [4.69, 9.17) is 0 Å². The second-order valence-electron chi connectivity index (χ2n) is 7.49. The van der Waals surface area contributed by atoms with Crippen molar-refractivity contribution >= 4 is 23.2 Å². The molecular formula is C23H25N3O2. The Hall–Kier alpha value is -2.92. The number of benzene rings is 2. The summed E-state index contributed by atoms with van der Waals surface area (Å²) in [4.78, 5) is 30.8. The first kappa shape index (κ1) is 18.4. The zero-order chi connectivity index (χ0) is 19.7. The van der Waals surface area contributed by atoms with Crippen LogP contribution in [0.1, 0.15) is 24.5 Å². The molecule has 0 radical (unpaired) electrons. The van der Waals surface area contributed by atoms with E-state index >= 15 is 0 Å². The lowest BCUT2D eigenvalue weighted by atomic mass is 10.00. The first-order chi connectivity index (χ1) is 13.5. The monoisotopic (exact) mass is 375 g/mol. The second kappa shape index (κ2) is 7.60. The van der Waals surface area contributed by atoms with E-state index in [1.807, 2.05) is 49.4 Å². The third-order valence-corrected chi connectivity index (χ3v) is 5.54. The van der Waals surface area contributed by atoms with E-state index < -0.39 is 6.04 Å². The number of carbonyl (C=O) groups is 2. The van der Waals surface area contributed by atoms with Gasteiger partial charge in [-0.15, -0.1) is 0 Å². The van der Waals surface area contributed by atoms with E-state index in [0.717, 1.165) is 30.8 Å². The molecule has 1 saturated heterocycles. The molecule has 2 aromatic carbocycles. The van der Waals surface area contributed by atoms with Crippen molar-refractivity contribution < 1.29 is 9.59 Å². The summed E-state index contributed by atoms with van der Waals surface area (Å²) in [6, 6.07) is 17.4. The third kappa shape index (κ3) is 3.45. The van der Waals surface area contributed by atoms with Crippen LogP contribution in [0.2, 0.25) is 0 Å². The van der Waals surface area contributed by atoms with Crippen LogP contribution >= 0.6 is 0 Å². The SMILES string of the molecule is Cc1ccc(N2C(=O)N(CN3CC=C(c4ccccc4)CC3)C(=O)[C@H]2C)cc1. The summed E-state index contributed by atoms with van der Waals surface area (Å²) in [5.41, 5.74) is 4.46. The molecule has 2 aliphatic rings. The lowest BCUT2D eigenvalue weighted by Gasteiger charge is -2.29. The minimum atomic E-state index is -0.476. The number of aryl methyl sites for hydroxylation is 1. The molecule has 5 nitrogen and oxygen atoms in total. The highest BCUT2D eigenvalue weighted by Crippen LogP contribution is 2.27. The van der Waals surface area contributed by atoms with Crippen molar-refractivity contribution in [3.8, 4) is 0 Å². The van der Waals surface area contributed by atoms with E-state index in [-0.39, 0.29) is 11.9 Å². The van der Waals surface area contributed by atoms with Crippen LogP contribution in [0.25, 0.3) is 5.57 Å². The van der Waals surface area contributed by atoms with Crippen LogP contribution in [0.3, 0.4) is 0 Å². The molecule has 3 amide bonds. The summed E-state index contributed by atoms with van der Waals surface area (Å²) in [6.07, 6.45) is 3.11. The Morgan fingerprint density at radius 2 is 1.71 bits per heavy atom. The molecule has 2 heterocycles. The summed E-state index contributed by atoms with van der Waals surface area (Å²) >= 11 is 0. The van der Waals surface area contributed by atoms with Crippen LogP contribution in [-0.4, -0.2) is 47.5 Å². The molecule has 1 fully saturated rings. The van der Waals surface area contributed by atoms with E-state index in [0.29, 0.717) is 6.67 Å². The third-order valence-electron chi connectivity index (χ3n) is 5.54. The van der Waals surface area contributed by atoms with Gasteiger partial charge in [-0.25, -0.2) is 9.69 Å². The molecule has 1 atom stereocenters. The van der Waals surface area contributed by atoms with E-state index in [1.54, 1.807) is 11.8 Å². The Morgan fingerprint density at radius 3 is 2.36 bits per heavy atom. The van der Waals surface area contributed by atoms with E-state index in [9.17, 15) is 9.59 Å². The molecule has 0 unspecified atom stereocenters. The summed E-state index contributed by atoms with van der Waals surface area (Å²) in [7, 11) is 0. The van der Waals surface area contributed by atoms with Crippen LogP contribution in [0.15, 0.2) is 60.7 Å². The lowest BCUT2D eigenvalue weighted by Crippen LogP contribution is -2.43. The van der Waals surface area contributed by atoms with Crippen molar-refractivity contribution in [1.82, 2.24) is 9.80 Å². The smallest absolute Gasteiger partial charge is 0.282 e. The molecule has 144 valence electrons. The van der Waals surface area contributed by atoms with Gasteiger partial charge >= 0.3 is 6.03 Å². The summed E-state index contributed by atoms with van der Waals surface area (Å²) in [6.45, 7) is 5.70. The van der Waals surface area contributed by atoms with Crippen molar-refractivity contribution in [2.45, 2.75) is 26.3 Å². The van der Waals surface area contributed by atoms with Gasteiger partial charge in [-0.3, -0.25) is 14.6 Å². The lowest BCUT2D eigenvalue weighted by molar-refractivity contribution is -0.128. The van der Waals surface area contributed by atoms with Crippen molar-refractivity contribution in [3.05, 3.63) is 71.8 Å². The summed E-state index contributed by atoms with van der Waals surface area (Å²) in [5.74, 6) is -0.136. The molecule has 0 saturated carbocycles. The van der Waals surface area contributed by atoms with Crippen LogP contribution in [0.5, 0.6) is 0 Å². The van der Waals surface area contributed by atoms with Crippen LogP contribution in [0, 0.1) is 6.92 Å². The number of amides is 3. The highest BCUT2D eigenvalue weighted by Gasteiger charge is 2.43. The number of carbonyl (C=O) groups excluding carboxylic acids is 2. The van der Waals surface area contributed by atoms with Gasteiger partial charge in [0.2, 0.25) is 0 Å². The fourth-order valence-corrected chi connectivity index (χ4v) is 3.85. The quantitative estimate of drug-likeness (QED) is 0.762. The standard InChI is InChI=1S/C23H25N3O2/c1-17-8-10-21(11-9-17)26-18(2)22(27)25(23(26)28)16-24-14-12-20(13-15-24)19-6-4-3-5-7-19/h3-12,18H,13-16H2,1-2H3/t18-/m1/s1. The number of rotatable bonds is 4. The molecule has 0 N–H and O–H groups in total. The van der Waals surface area contributed by atoms with Crippen molar-refractivity contribution in [3.63, 3.8) is 0 Å². The van der Waals surface area contributed by atoms with Gasteiger partial charge in [-0.1, -0.05) is 54.1 Å². The topological polar surface area (TPSA) is 43.9 Å². The van der Waals surface area contributed by atoms with Crippen LogP contribution in [-0.2, 0) is 4.79 Å². The molecule has 0 spiro atoms. The Bertz CT molecular complexity index is 905. The maximum atomic E-state index is 13.0. The Balaban J connectivity index is 1.45. The second-order valence-corrected chi connectivity index (χ2v) is 7.49. The van der Waals surface area contributed by atoms with Gasteiger partial charge in [0.1, 0.15) is 6.04 Å². The minimum absolute atomic E-state index is 0.136. The van der Waals surface area contributed by atoms with Gasteiger partial charge in [0.05, 0.1) is 6.67 Å². The maximum Gasteiger partial charge on any atom is 0.333 e. The fraction of sp³-hybridized carbons (Fsp3) is 0.304. The molecule has 0 aromatic heterocycles. The minimum Gasteiger partial charge on any atom is -0.282 e. The van der Waals surface area contributed by atoms with Gasteiger partial charge < -0.3 is 0 Å². The maximum absolute atomic E-state index is 13.0. The number of urea groups is 1. The van der Waals surface area contributed by atoms with Crippen molar-refractivity contribution in [1.29, 1.82) is 0 Å². The molecule has 0 aliphatic carbocycles. The average molecular weight is 375 g/mol. The number of hydrogen-bond acceptors (Lipinski definition) is 3. The van der Waals surface area contributed by atoms with E-state index in [1.165, 1.54) is 16.0 Å². The predicted molar refractivity (Wildman–Crippen MR) is 111 cm³/mol. The van der Waals surface area contributed by atoms with Gasteiger partial charge in [-0.2, -0.15) is 0 Å². The Labute approximate surface area is 165 Å². The first-order valence-corrected chi connectivity index (χ1v) is 9.72. The molecule has 2 aliphatic heterocycles. The number of hydrogen-bond donors (Lipinski definition) is 0. The van der Waals surface area contributed by atoms with Crippen molar-refractivity contribution in [2.24, 2.45) is 0 Å². The first-order valence-electron chi connectivity index (χ1n) is 9.72. The highest BCUT2D eigenvalue weighted by molar-refractivity contribution is 6.14. The number of anilines is 1. The highest BCUT2D eigenvalue weighted by atomic mass is 16.2. The number of nitrogens with zero attached hydrogens (tertiary/aromatic N) is 3. The molecule has 0 bridgehead atoms. The summed E-state index contributed by atoms with van der Waals surface area (Å²) < 4.78 is 0. The fourth-order valence-electron chi connectivity index (χ4n) is 3.85. The number of imide groups is 1. The van der Waals surface area contributed by atoms with Gasteiger partial charge in [-0.05, 0) is 43.5 Å². The zero-order valence-corrected chi connectivity index (χ0v) is 16.3. The van der Waals surface area contributed by atoms with Gasteiger partial charge in [0.15, 0.2) is 0 Å². The molecule has 28 heavy (non-hydrogen) atoms. The van der Waals surface area contributed by atoms with Crippen LogP contribution < -0.4 is 4.90 Å². The summed E-state index contributed by atoms with van der Waals surface area (Å²) in [5, 5.41) is 0. The molecule has 5 heteroatoms. The average Bonchev–Trinajstić information content (AvgIpc) is 2.93. The zero-order valence-electron chi connectivity index (χ0n) is 16.3. The largest absolute Gasteiger partial charge is 0.333 e. The van der Waals surface area contributed by atoms with Crippen molar-refractivity contribution in [2.75, 3.05) is 24.7 Å². The Kier molecular flexibility index (Phi) is 5.01. The normalized spacial score (nSPS) is 20.6. The Morgan fingerprint density at radius 1 is 1.00 bits per heavy atom. The van der Waals surface area contributed by atoms with E-state index in [2.05, 4.69) is 23.1 Å².